The second-order valence-electron chi connectivity index (χ2n) is 4.49. The molecule has 0 saturated heterocycles. The summed E-state index contributed by atoms with van der Waals surface area (Å²) in [7, 11) is -2.30. The number of halogens is 1. The minimum atomic E-state index is -3.50. The average Bonchev–Trinajstić information content (AvgIpc) is 2.45. The van der Waals surface area contributed by atoms with Gasteiger partial charge in [-0.2, -0.15) is 0 Å². The first kappa shape index (κ1) is 17.1. The van der Waals surface area contributed by atoms with Crippen LogP contribution in [0.3, 0.4) is 0 Å². The van der Waals surface area contributed by atoms with Crippen LogP contribution in [0.25, 0.3) is 0 Å². The molecule has 5 nitrogen and oxygen atoms in total. The van der Waals surface area contributed by atoms with Gasteiger partial charge in [-0.25, -0.2) is 8.42 Å². The number of aliphatic hydroxyl groups excluding tert-OH is 1. The molecule has 0 radical (unpaired) electrons. The van der Waals surface area contributed by atoms with Crippen LogP contribution in [0.15, 0.2) is 35.2 Å². The van der Waals surface area contributed by atoms with E-state index in [1.165, 1.54) is 19.2 Å². The highest BCUT2D eigenvalue weighted by molar-refractivity contribution is 9.10. The zero-order valence-electron chi connectivity index (χ0n) is 11.2. The van der Waals surface area contributed by atoms with E-state index in [0.29, 0.717) is 0 Å². The Morgan fingerprint density at radius 3 is 2.40 bits per heavy atom. The van der Waals surface area contributed by atoms with Crippen LogP contribution in [0.4, 0.5) is 0 Å². The number of benzene rings is 1. The largest absolute Gasteiger partial charge is 0.468 e. The Labute approximate surface area is 127 Å². The molecule has 1 aromatic carbocycles. The highest BCUT2D eigenvalue weighted by atomic mass is 79.9. The average molecular weight is 365 g/mol. The van der Waals surface area contributed by atoms with Crippen LogP contribution in [-0.4, -0.2) is 43.3 Å². The molecular weight excluding hydrogens is 348 g/mol. The molecule has 0 aromatic heterocycles. The van der Waals surface area contributed by atoms with Crippen molar-refractivity contribution in [1.29, 1.82) is 0 Å². The van der Waals surface area contributed by atoms with Gasteiger partial charge in [0.1, 0.15) is 4.83 Å². The number of ether oxygens (including phenoxy) is 1. The fourth-order valence-corrected chi connectivity index (χ4v) is 4.07. The molecule has 0 bridgehead atoms. The van der Waals surface area contributed by atoms with Gasteiger partial charge >= 0.3 is 5.97 Å². The molecule has 0 spiro atoms. The van der Waals surface area contributed by atoms with Gasteiger partial charge in [0.2, 0.25) is 0 Å². The van der Waals surface area contributed by atoms with E-state index in [9.17, 15) is 18.3 Å². The van der Waals surface area contributed by atoms with Crippen LogP contribution in [0.2, 0.25) is 0 Å². The first-order valence-electron chi connectivity index (χ1n) is 5.97. The fraction of sp³-hybridized carbons (Fsp3) is 0.462. The van der Waals surface area contributed by atoms with Crippen molar-refractivity contribution in [1.82, 2.24) is 0 Å². The number of rotatable bonds is 6. The van der Waals surface area contributed by atoms with Crippen molar-refractivity contribution in [3.05, 3.63) is 30.3 Å². The number of esters is 1. The topological polar surface area (TPSA) is 80.7 Å². The summed E-state index contributed by atoms with van der Waals surface area (Å²) >= 11 is 3.01. The molecule has 0 saturated carbocycles. The van der Waals surface area contributed by atoms with Crippen molar-refractivity contribution in [2.45, 2.75) is 22.8 Å². The summed E-state index contributed by atoms with van der Waals surface area (Å²) in [4.78, 5) is 10.6. The minimum absolute atomic E-state index is 0.197. The molecule has 0 aliphatic heterocycles. The van der Waals surface area contributed by atoms with E-state index >= 15 is 0 Å². The molecule has 0 aliphatic rings. The second-order valence-corrected chi connectivity index (χ2v) is 7.51. The molecule has 0 aliphatic carbocycles. The second kappa shape index (κ2) is 7.19. The maximum Gasteiger partial charge on any atom is 0.322 e. The number of sulfone groups is 1. The molecule has 1 N–H and O–H groups in total. The summed E-state index contributed by atoms with van der Waals surface area (Å²) in [5, 5.41) is 9.99. The predicted octanol–water partition coefficient (Wildman–Crippen LogP) is 1.39. The Hall–Kier alpha value is -0.920. The number of hydrogen-bond donors (Lipinski definition) is 1. The van der Waals surface area contributed by atoms with Crippen LogP contribution in [0.1, 0.15) is 6.92 Å². The first-order chi connectivity index (χ1) is 9.29. The standard InChI is InChI=1S/C13H17BrO5S/c1-9(12(15)11(14)13(16)19-2)8-20(17,18)10-6-4-3-5-7-10/h3-7,9,11-12,15H,8H2,1-2H3/t9-,11+,12-/m1/s1. The zero-order chi connectivity index (χ0) is 15.3. The maximum atomic E-state index is 12.2. The third-order valence-electron chi connectivity index (χ3n) is 2.89. The van der Waals surface area contributed by atoms with Gasteiger partial charge in [0, 0.05) is 0 Å². The number of carbonyl (C=O) groups is 1. The summed E-state index contributed by atoms with van der Waals surface area (Å²) in [6, 6.07) is 8.00. The van der Waals surface area contributed by atoms with Crippen molar-refractivity contribution in [2.75, 3.05) is 12.9 Å². The molecule has 112 valence electrons. The van der Waals surface area contributed by atoms with Crippen molar-refractivity contribution in [3.8, 4) is 0 Å². The molecule has 3 atom stereocenters. The molecule has 7 heteroatoms. The third-order valence-corrected chi connectivity index (χ3v) is 5.76. The Morgan fingerprint density at radius 1 is 1.35 bits per heavy atom. The molecule has 0 amide bonds. The van der Waals surface area contributed by atoms with Crippen molar-refractivity contribution < 1.29 is 23.1 Å². The van der Waals surface area contributed by atoms with Gasteiger partial charge < -0.3 is 9.84 Å². The van der Waals surface area contributed by atoms with Crippen molar-refractivity contribution in [3.63, 3.8) is 0 Å². The third kappa shape index (κ3) is 4.29. The number of alkyl halides is 1. The fourth-order valence-electron chi connectivity index (χ4n) is 1.71. The van der Waals surface area contributed by atoms with Gasteiger partial charge in [0.25, 0.3) is 0 Å². The first-order valence-corrected chi connectivity index (χ1v) is 8.54. The van der Waals surface area contributed by atoms with Crippen LogP contribution in [-0.2, 0) is 19.4 Å². The number of methoxy groups -OCH3 is 1. The minimum Gasteiger partial charge on any atom is -0.468 e. The van der Waals surface area contributed by atoms with Gasteiger partial charge in [0.15, 0.2) is 9.84 Å². The van der Waals surface area contributed by atoms with Crippen LogP contribution >= 0.6 is 15.9 Å². The summed E-state index contributed by atoms with van der Waals surface area (Å²) in [6.07, 6.45) is -1.15. The lowest BCUT2D eigenvalue weighted by atomic mass is 10.0. The van der Waals surface area contributed by atoms with E-state index in [-0.39, 0.29) is 10.6 Å². The van der Waals surface area contributed by atoms with Gasteiger partial charge in [-0.15, -0.1) is 0 Å². The summed E-state index contributed by atoms with van der Waals surface area (Å²) < 4.78 is 28.8. The lowest BCUT2D eigenvalue weighted by molar-refractivity contribution is -0.142. The summed E-state index contributed by atoms with van der Waals surface area (Å²) in [6.45, 7) is 1.57. The quantitative estimate of drug-likeness (QED) is 0.609. The Balaban J connectivity index is 2.80. The van der Waals surface area contributed by atoms with Gasteiger partial charge in [-0.1, -0.05) is 41.1 Å². The smallest absolute Gasteiger partial charge is 0.322 e. The van der Waals surface area contributed by atoms with Crippen molar-refractivity contribution in [2.24, 2.45) is 5.92 Å². The maximum absolute atomic E-state index is 12.2. The summed E-state index contributed by atoms with van der Waals surface area (Å²) in [5.41, 5.74) is 0. The monoisotopic (exact) mass is 364 g/mol. The lowest BCUT2D eigenvalue weighted by Gasteiger charge is -2.21. The van der Waals surface area contributed by atoms with E-state index in [4.69, 9.17) is 0 Å². The molecular formula is C13H17BrO5S. The Kier molecular flexibility index (Phi) is 6.16. The summed E-state index contributed by atoms with van der Waals surface area (Å²) in [5.74, 6) is -1.51. The molecule has 0 heterocycles. The molecule has 1 rings (SSSR count). The molecule has 0 fully saturated rings. The number of carbonyl (C=O) groups excluding carboxylic acids is 1. The molecule has 0 unspecified atom stereocenters. The Bertz CT molecular complexity index is 543. The van der Waals surface area contributed by atoms with Crippen LogP contribution in [0, 0.1) is 5.92 Å². The normalized spacial score (nSPS) is 16.2. The van der Waals surface area contributed by atoms with Crippen molar-refractivity contribution >= 4 is 31.7 Å². The van der Waals surface area contributed by atoms with Gasteiger partial charge in [-0.05, 0) is 18.1 Å². The van der Waals surface area contributed by atoms with E-state index in [1.807, 2.05) is 0 Å². The van der Waals surface area contributed by atoms with Crippen LogP contribution in [0.5, 0.6) is 0 Å². The van der Waals surface area contributed by atoms with E-state index in [0.717, 1.165) is 0 Å². The zero-order valence-corrected chi connectivity index (χ0v) is 13.6. The highest BCUT2D eigenvalue weighted by Crippen LogP contribution is 2.20. The predicted molar refractivity (Wildman–Crippen MR) is 78.4 cm³/mol. The van der Waals surface area contributed by atoms with Gasteiger partial charge in [0.05, 0.1) is 23.9 Å². The van der Waals surface area contributed by atoms with E-state index < -0.39 is 32.7 Å². The Morgan fingerprint density at radius 2 is 1.90 bits per heavy atom. The number of hydrogen-bond acceptors (Lipinski definition) is 5. The number of aliphatic hydroxyl groups is 1. The molecule has 20 heavy (non-hydrogen) atoms. The van der Waals surface area contributed by atoms with E-state index in [2.05, 4.69) is 20.7 Å². The SMILES string of the molecule is COC(=O)[C@@H](Br)[C@H](O)[C@H](C)CS(=O)(=O)c1ccccc1. The molecule has 1 aromatic rings. The highest BCUT2D eigenvalue weighted by Gasteiger charge is 2.32. The van der Waals surface area contributed by atoms with Crippen LogP contribution < -0.4 is 0 Å². The van der Waals surface area contributed by atoms with E-state index in [1.54, 1.807) is 25.1 Å². The van der Waals surface area contributed by atoms with Gasteiger partial charge in [-0.3, -0.25) is 4.79 Å². The lowest BCUT2D eigenvalue weighted by Crippen LogP contribution is -2.37.